The summed E-state index contributed by atoms with van der Waals surface area (Å²) in [4.78, 5) is 12.8. The zero-order valence-electron chi connectivity index (χ0n) is 16.8. The van der Waals surface area contributed by atoms with Crippen LogP contribution in [0, 0.1) is 19.8 Å². The van der Waals surface area contributed by atoms with Gasteiger partial charge >= 0.3 is 0 Å². The molecule has 1 aliphatic heterocycles. The molecule has 152 valence electrons. The van der Waals surface area contributed by atoms with Crippen molar-refractivity contribution in [2.75, 3.05) is 13.1 Å². The molecular weight excluding hydrogens is 376 g/mol. The van der Waals surface area contributed by atoms with Crippen molar-refractivity contribution in [2.45, 2.75) is 44.6 Å². The number of nitrogens with zero attached hydrogens (tertiary/aromatic N) is 3. The van der Waals surface area contributed by atoms with Crippen LogP contribution in [0.1, 0.15) is 41.4 Å². The smallest absolute Gasteiger partial charge is 0.251 e. The molecule has 2 heterocycles. The number of carbonyl (C=O) groups excluding carboxylic acids is 1. The van der Waals surface area contributed by atoms with E-state index in [1.165, 1.54) is 10.5 Å². The minimum absolute atomic E-state index is 0.0414. The van der Waals surface area contributed by atoms with Gasteiger partial charge in [-0.1, -0.05) is 31.0 Å². The molecular formula is C20H28N4O3S. The summed E-state index contributed by atoms with van der Waals surface area (Å²) >= 11 is 0. The van der Waals surface area contributed by atoms with Gasteiger partial charge in [0.25, 0.3) is 5.91 Å². The molecule has 1 saturated heterocycles. The topological polar surface area (TPSA) is 84.3 Å². The molecule has 1 N–H and O–H groups in total. The lowest BCUT2D eigenvalue weighted by Gasteiger charge is -2.37. The minimum Gasteiger partial charge on any atom is -0.349 e. The first kappa shape index (κ1) is 20.5. The fourth-order valence-electron chi connectivity index (χ4n) is 3.65. The van der Waals surface area contributed by atoms with Crippen LogP contribution in [0.4, 0.5) is 0 Å². The SMILES string of the molecule is CC[C@@H]1CN(S(=O)(=O)c2cnn(C)c2C)CC[C@@H]1NC(=O)c1ccc(C)cc1. The van der Waals surface area contributed by atoms with E-state index in [1.54, 1.807) is 18.7 Å². The van der Waals surface area contributed by atoms with E-state index in [4.69, 9.17) is 0 Å². The van der Waals surface area contributed by atoms with E-state index >= 15 is 0 Å². The quantitative estimate of drug-likeness (QED) is 0.828. The van der Waals surface area contributed by atoms with Gasteiger partial charge < -0.3 is 5.32 Å². The lowest BCUT2D eigenvalue weighted by molar-refractivity contribution is 0.0893. The van der Waals surface area contributed by atoms with Crippen molar-refractivity contribution >= 4 is 15.9 Å². The largest absolute Gasteiger partial charge is 0.349 e. The van der Waals surface area contributed by atoms with Crippen LogP contribution < -0.4 is 5.32 Å². The second kappa shape index (κ2) is 8.05. The Labute approximate surface area is 166 Å². The van der Waals surface area contributed by atoms with Crippen LogP contribution in [-0.4, -0.2) is 47.5 Å². The van der Waals surface area contributed by atoms with Gasteiger partial charge in [-0.15, -0.1) is 0 Å². The number of aromatic nitrogens is 2. The number of carbonyl (C=O) groups is 1. The van der Waals surface area contributed by atoms with E-state index in [2.05, 4.69) is 10.4 Å². The zero-order chi connectivity index (χ0) is 20.5. The normalized spacial score (nSPS) is 20.9. The van der Waals surface area contributed by atoms with Crippen molar-refractivity contribution in [3.05, 3.63) is 47.3 Å². The maximum absolute atomic E-state index is 13.1. The predicted molar refractivity (Wildman–Crippen MR) is 108 cm³/mol. The first-order valence-electron chi connectivity index (χ1n) is 9.60. The summed E-state index contributed by atoms with van der Waals surface area (Å²) in [5.74, 6) is -0.0437. The molecule has 1 aromatic carbocycles. The van der Waals surface area contributed by atoms with E-state index < -0.39 is 10.0 Å². The maximum Gasteiger partial charge on any atom is 0.251 e. The molecule has 1 aromatic heterocycles. The Hall–Kier alpha value is -2.19. The Morgan fingerprint density at radius 3 is 2.50 bits per heavy atom. The number of amides is 1. The van der Waals surface area contributed by atoms with Gasteiger partial charge in [0.05, 0.1) is 11.9 Å². The Morgan fingerprint density at radius 1 is 1.25 bits per heavy atom. The predicted octanol–water partition coefficient (Wildman–Crippen LogP) is 2.26. The summed E-state index contributed by atoms with van der Waals surface area (Å²) in [5.41, 5.74) is 2.36. The molecule has 28 heavy (non-hydrogen) atoms. The molecule has 0 spiro atoms. The summed E-state index contributed by atoms with van der Waals surface area (Å²) in [6.45, 7) is 6.54. The number of aryl methyl sites for hydroxylation is 2. The number of sulfonamides is 1. The summed E-state index contributed by atoms with van der Waals surface area (Å²) in [7, 11) is -1.85. The highest BCUT2D eigenvalue weighted by Gasteiger charge is 2.36. The van der Waals surface area contributed by atoms with Gasteiger partial charge in [0.1, 0.15) is 4.90 Å². The Kier molecular flexibility index (Phi) is 5.90. The van der Waals surface area contributed by atoms with Crippen LogP contribution in [-0.2, 0) is 17.1 Å². The van der Waals surface area contributed by atoms with Gasteiger partial charge in [-0.2, -0.15) is 9.40 Å². The van der Waals surface area contributed by atoms with Gasteiger partial charge in [0, 0.05) is 31.7 Å². The molecule has 8 heteroatoms. The highest BCUT2D eigenvalue weighted by molar-refractivity contribution is 7.89. The molecule has 1 amide bonds. The molecule has 3 rings (SSSR count). The number of rotatable bonds is 5. The third kappa shape index (κ3) is 3.98. The Balaban J connectivity index is 1.72. The third-order valence-electron chi connectivity index (χ3n) is 5.66. The number of hydrogen-bond acceptors (Lipinski definition) is 4. The lowest BCUT2D eigenvalue weighted by atomic mass is 9.91. The standard InChI is InChI=1S/C20H28N4O3S/c1-5-16-13-24(28(26,27)19-12-21-23(4)15(19)3)11-10-18(16)22-20(25)17-8-6-14(2)7-9-17/h6-9,12,16,18H,5,10-11,13H2,1-4H3,(H,22,25)/t16-,18+/m1/s1. The van der Waals surface area contributed by atoms with Crippen molar-refractivity contribution in [1.82, 2.24) is 19.4 Å². The molecule has 1 aliphatic rings. The summed E-state index contributed by atoms with van der Waals surface area (Å²) < 4.78 is 29.2. The molecule has 2 aromatic rings. The van der Waals surface area contributed by atoms with E-state index in [1.807, 2.05) is 38.1 Å². The number of nitrogens with one attached hydrogen (secondary N) is 1. The van der Waals surface area contributed by atoms with Crippen molar-refractivity contribution in [3.63, 3.8) is 0 Å². The highest BCUT2D eigenvalue weighted by atomic mass is 32.2. The molecule has 0 radical (unpaired) electrons. The summed E-state index contributed by atoms with van der Waals surface area (Å²) in [5, 5.41) is 7.17. The second-order valence-electron chi connectivity index (χ2n) is 7.48. The maximum atomic E-state index is 13.1. The fraction of sp³-hybridized carbons (Fsp3) is 0.500. The molecule has 0 bridgehead atoms. The summed E-state index contributed by atoms with van der Waals surface area (Å²) in [6, 6.07) is 7.42. The Bertz CT molecular complexity index is 950. The molecule has 7 nitrogen and oxygen atoms in total. The van der Waals surface area contributed by atoms with E-state index in [0.717, 1.165) is 12.0 Å². The number of benzene rings is 1. The molecule has 0 unspecified atom stereocenters. The highest BCUT2D eigenvalue weighted by Crippen LogP contribution is 2.27. The molecule has 1 fully saturated rings. The van der Waals surface area contributed by atoms with Gasteiger partial charge in [-0.3, -0.25) is 9.48 Å². The van der Waals surface area contributed by atoms with Crippen LogP contribution in [0.3, 0.4) is 0 Å². The van der Waals surface area contributed by atoms with Crippen LogP contribution in [0.2, 0.25) is 0 Å². The number of hydrogen-bond donors (Lipinski definition) is 1. The minimum atomic E-state index is -3.59. The molecule has 0 saturated carbocycles. The van der Waals surface area contributed by atoms with Gasteiger partial charge in [0.2, 0.25) is 10.0 Å². The molecule has 2 atom stereocenters. The monoisotopic (exact) mass is 404 g/mol. The average molecular weight is 405 g/mol. The van der Waals surface area contributed by atoms with E-state index in [-0.39, 0.29) is 22.8 Å². The van der Waals surface area contributed by atoms with E-state index in [9.17, 15) is 13.2 Å². The van der Waals surface area contributed by atoms with E-state index in [0.29, 0.717) is 30.8 Å². The number of piperidine rings is 1. The first-order chi connectivity index (χ1) is 13.2. The second-order valence-corrected chi connectivity index (χ2v) is 9.39. The molecule has 0 aliphatic carbocycles. The Morgan fingerprint density at radius 2 is 1.93 bits per heavy atom. The van der Waals surface area contributed by atoms with Crippen molar-refractivity contribution in [2.24, 2.45) is 13.0 Å². The van der Waals surface area contributed by atoms with Gasteiger partial charge in [0.15, 0.2) is 0 Å². The van der Waals surface area contributed by atoms with Crippen molar-refractivity contribution in [1.29, 1.82) is 0 Å². The van der Waals surface area contributed by atoms with Crippen LogP contribution >= 0.6 is 0 Å². The van der Waals surface area contributed by atoms with Crippen LogP contribution in [0.5, 0.6) is 0 Å². The van der Waals surface area contributed by atoms with Crippen LogP contribution in [0.15, 0.2) is 35.4 Å². The summed E-state index contributed by atoms with van der Waals surface area (Å²) in [6.07, 6.45) is 2.79. The van der Waals surface area contributed by atoms with Crippen molar-refractivity contribution < 1.29 is 13.2 Å². The average Bonchev–Trinajstić information content (AvgIpc) is 3.01. The third-order valence-corrected chi connectivity index (χ3v) is 7.63. The van der Waals surface area contributed by atoms with Crippen molar-refractivity contribution in [3.8, 4) is 0 Å². The van der Waals surface area contributed by atoms with Crippen LogP contribution in [0.25, 0.3) is 0 Å². The fourth-order valence-corrected chi connectivity index (χ4v) is 5.35. The zero-order valence-corrected chi connectivity index (χ0v) is 17.7. The lowest BCUT2D eigenvalue weighted by Crippen LogP contribution is -2.52. The van der Waals surface area contributed by atoms with Gasteiger partial charge in [-0.05, 0) is 38.3 Å². The van der Waals surface area contributed by atoms with Gasteiger partial charge in [-0.25, -0.2) is 8.42 Å². The first-order valence-corrected chi connectivity index (χ1v) is 11.0.